The Balaban J connectivity index is 1.69. The van der Waals surface area contributed by atoms with E-state index >= 15 is 0 Å². The molecule has 0 radical (unpaired) electrons. The number of likely N-dealkylation sites (N-methyl/N-ethyl adjacent to an activating group) is 1. The number of nitrogens with zero attached hydrogens (tertiary/aromatic N) is 1. The summed E-state index contributed by atoms with van der Waals surface area (Å²) < 4.78 is 10.5. The molecule has 1 atom stereocenters. The second-order valence-corrected chi connectivity index (χ2v) is 6.51. The number of rotatable bonds is 6. The average molecular weight is 369 g/mol. The first-order valence-electron chi connectivity index (χ1n) is 8.63. The molecule has 7 heteroatoms. The van der Waals surface area contributed by atoms with Crippen molar-refractivity contribution >= 4 is 17.5 Å². The topological polar surface area (TPSA) is 79.9 Å². The van der Waals surface area contributed by atoms with Gasteiger partial charge in [-0.2, -0.15) is 0 Å². The molecule has 0 bridgehead atoms. The molecule has 0 saturated carbocycles. The van der Waals surface area contributed by atoms with Crippen molar-refractivity contribution in [2.75, 3.05) is 39.7 Å². The first-order chi connectivity index (χ1) is 13.0. The Hall–Kier alpha value is -3.06. The van der Waals surface area contributed by atoms with E-state index in [9.17, 15) is 9.59 Å². The summed E-state index contributed by atoms with van der Waals surface area (Å²) in [6.07, 6.45) is 0. The molecule has 1 aliphatic heterocycles. The Bertz CT molecular complexity index is 834. The van der Waals surface area contributed by atoms with E-state index in [1.54, 1.807) is 25.3 Å². The van der Waals surface area contributed by atoms with Gasteiger partial charge in [-0.15, -0.1) is 0 Å². The smallest absolute Gasteiger partial charge is 0.262 e. The Labute approximate surface area is 158 Å². The average Bonchev–Trinajstić information content (AvgIpc) is 2.67. The van der Waals surface area contributed by atoms with Gasteiger partial charge in [-0.05, 0) is 50.0 Å². The van der Waals surface area contributed by atoms with E-state index in [1.807, 2.05) is 43.3 Å². The predicted molar refractivity (Wildman–Crippen MR) is 102 cm³/mol. The van der Waals surface area contributed by atoms with Crippen LogP contribution in [0.3, 0.4) is 0 Å². The van der Waals surface area contributed by atoms with Crippen LogP contribution in [-0.4, -0.2) is 51.1 Å². The molecule has 0 spiro atoms. The maximum absolute atomic E-state index is 12.6. The van der Waals surface area contributed by atoms with Crippen LogP contribution in [0.4, 0.5) is 5.69 Å². The fourth-order valence-electron chi connectivity index (χ4n) is 2.94. The van der Waals surface area contributed by atoms with Crippen molar-refractivity contribution in [1.82, 2.24) is 10.2 Å². The highest BCUT2D eigenvalue weighted by Crippen LogP contribution is 2.28. The largest absolute Gasteiger partial charge is 0.497 e. The van der Waals surface area contributed by atoms with Gasteiger partial charge in [0.15, 0.2) is 6.61 Å². The first kappa shape index (κ1) is 18.7. The number of benzene rings is 2. The molecule has 1 aliphatic rings. The van der Waals surface area contributed by atoms with Crippen LogP contribution in [0.5, 0.6) is 11.5 Å². The van der Waals surface area contributed by atoms with E-state index in [2.05, 4.69) is 10.6 Å². The number of carbonyl (C=O) groups excluding carboxylic acids is 2. The van der Waals surface area contributed by atoms with Gasteiger partial charge in [0.25, 0.3) is 11.8 Å². The van der Waals surface area contributed by atoms with Crippen LogP contribution in [0.1, 0.15) is 22.0 Å². The Morgan fingerprint density at radius 1 is 1.26 bits per heavy atom. The van der Waals surface area contributed by atoms with Crippen LogP contribution >= 0.6 is 0 Å². The summed E-state index contributed by atoms with van der Waals surface area (Å²) >= 11 is 0. The zero-order chi connectivity index (χ0) is 19.4. The van der Waals surface area contributed by atoms with Gasteiger partial charge in [0.1, 0.15) is 11.5 Å². The van der Waals surface area contributed by atoms with E-state index in [1.165, 1.54) is 0 Å². The van der Waals surface area contributed by atoms with Crippen LogP contribution < -0.4 is 20.1 Å². The van der Waals surface area contributed by atoms with Gasteiger partial charge < -0.3 is 25.0 Å². The molecule has 2 aromatic carbocycles. The van der Waals surface area contributed by atoms with Gasteiger partial charge >= 0.3 is 0 Å². The van der Waals surface area contributed by atoms with Crippen molar-refractivity contribution in [2.45, 2.75) is 6.04 Å². The molecular weight excluding hydrogens is 346 g/mol. The minimum Gasteiger partial charge on any atom is -0.497 e. The zero-order valence-electron chi connectivity index (χ0n) is 15.6. The molecule has 1 unspecified atom stereocenters. The maximum atomic E-state index is 12.6. The number of hydrogen-bond acceptors (Lipinski definition) is 5. The fourth-order valence-corrected chi connectivity index (χ4v) is 2.94. The van der Waals surface area contributed by atoms with Crippen LogP contribution in [0, 0.1) is 0 Å². The summed E-state index contributed by atoms with van der Waals surface area (Å²) in [6, 6.07) is 12.8. The number of hydrogen-bond donors (Lipinski definition) is 2. The van der Waals surface area contributed by atoms with E-state index in [4.69, 9.17) is 9.47 Å². The van der Waals surface area contributed by atoms with Crippen molar-refractivity contribution in [3.8, 4) is 11.5 Å². The Kier molecular flexibility index (Phi) is 5.61. The molecule has 0 aromatic heterocycles. The molecule has 0 fully saturated rings. The van der Waals surface area contributed by atoms with Crippen LogP contribution in [0.2, 0.25) is 0 Å². The number of carbonyl (C=O) groups is 2. The van der Waals surface area contributed by atoms with E-state index in [0.717, 1.165) is 11.3 Å². The number of nitrogens with one attached hydrogen (secondary N) is 2. The minimum absolute atomic E-state index is 0.00901. The lowest BCUT2D eigenvalue weighted by molar-refractivity contribution is -0.118. The summed E-state index contributed by atoms with van der Waals surface area (Å²) in [5.74, 6) is 0.916. The second kappa shape index (κ2) is 8.09. The van der Waals surface area contributed by atoms with Gasteiger partial charge in [0.2, 0.25) is 0 Å². The lowest BCUT2D eigenvalue weighted by Crippen LogP contribution is -2.34. The van der Waals surface area contributed by atoms with Crippen molar-refractivity contribution in [3.63, 3.8) is 0 Å². The van der Waals surface area contributed by atoms with E-state index in [0.29, 0.717) is 23.5 Å². The van der Waals surface area contributed by atoms with Gasteiger partial charge in [0, 0.05) is 12.1 Å². The molecule has 3 rings (SSSR count). The Morgan fingerprint density at radius 2 is 2.00 bits per heavy atom. The molecular formula is C20H23N3O4. The van der Waals surface area contributed by atoms with Gasteiger partial charge in [-0.1, -0.05) is 12.1 Å². The summed E-state index contributed by atoms with van der Waals surface area (Å²) in [7, 11) is 5.56. The van der Waals surface area contributed by atoms with Gasteiger partial charge in [-0.25, -0.2) is 0 Å². The number of amides is 2. The highest BCUT2D eigenvalue weighted by atomic mass is 16.5. The third kappa shape index (κ3) is 4.38. The molecule has 27 heavy (non-hydrogen) atoms. The maximum Gasteiger partial charge on any atom is 0.262 e. The quantitative estimate of drug-likeness (QED) is 0.815. The molecule has 142 valence electrons. The molecule has 2 aromatic rings. The lowest BCUT2D eigenvalue weighted by atomic mass is 10.1. The summed E-state index contributed by atoms with van der Waals surface area (Å²) in [6.45, 7) is 0.434. The van der Waals surface area contributed by atoms with Gasteiger partial charge in [0.05, 0.1) is 18.8 Å². The van der Waals surface area contributed by atoms with E-state index < -0.39 is 0 Å². The molecule has 1 heterocycles. The normalized spacial score (nSPS) is 14.0. The molecule has 2 amide bonds. The summed E-state index contributed by atoms with van der Waals surface area (Å²) in [4.78, 5) is 26.1. The highest BCUT2D eigenvalue weighted by Gasteiger charge is 2.19. The third-order valence-corrected chi connectivity index (χ3v) is 4.45. The second-order valence-electron chi connectivity index (χ2n) is 6.51. The van der Waals surface area contributed by atoms with Crippen molar-refractivity contribution in [1.29, 1.82) is 0 Å². The van der Waals surface area contributed by atoms with Crippen LogP contribution in [0.15, 0.2) is 42.5 Å². The first-order valence-corrected chi connectivity index (χ1v) is 8.63. The van der Waals surface area contributed by atoms with Crippen LogP contribution in [-0.2, 0) is 4.79 Å². The summed E-state index contributed by atoms with van der Waals surface area (Å²) in [5.41, 5.74) is 2.05. The number of methoxy groups -OCH3 is 1. The van der Waals surface area contributed by atoms with Crippen molar-refractivity contribution < 1.29 is 19.1 Å². The number of ether oxygens (including phenoxy) is 2. The highest BCUT2D eigenvalue weighted by molar-refractivity contribution is 5.99. The number of fused-ring (bicyclic) bond motifs is 1. The Morgan fingerprint density at radius 3 is 2.67 bits per heavy atom. The minimum atomic E-state index is -0.229. The monoisotopic (exact) mass is 369 g/mol. The van der Waals surface area contributed by atoms with Gasteiger partial charge in [-0.3, -0.25) is 9.59 Å². The standard InChI is InChI=1S/C20H23N3O4/c1-23(2)17(13-4-7-15(26-3)8-5-13)11-21-20(25)14-6-9-18-16(10-14)22-19(24)12-27-18/h4-10,17H,11-12H2,1-3H3,(H,21,25)(H,22,24). The van der Waals surface area contributed by atoms with Crippen molar-refractivity contribution in [3.05, 3.63) is 53.6 Å². The van der Waals surface area contributed by atoms with Crippen molar-refractivity contribution in [2.24, 2.45) is 0 Å². The number of anilines is 1. The van der Waals surface area contributed by atoms with Crippen LogP contribution in [0.25, 0.3) is 0 Å². The third-order valence-electron chi connectivity index (χ3n) is 4.45. The molecule has 2 N–H and O–H groups in total. The van der Waals surface area contributed by atoms with E-state index in [-0.39, 0.29) is 24.5 Å². The molecule has 0 aliphatic carbocycles. The molecule has 7 nitrogen and oxygen atoms in total. The predicted octanol–water partition coefficient (Wildman–Crippen LogP) is 2.06. The lowest BCUT2D eigenvalue weighted by Gasteiger charge is -2.25. The summed E-state index contributed by atoms with van der Waals surface area (Å²) in [5, 5.41) is 5.67. The fraction of sp³-hybridized carbons (Fsp3) is 0.300. The SMILES string of the molecule is COc1ccc(C(CNC(=O)c2ccc3c(c2)NC(=O)CO3)N(C)C)cc1. The zero-order valence-corrected chi connectivity index (χ0v) is 15.6. The molecule has 0 saturated heterocycles.